The molecule has 1 saturated heterocycles. The molecule has 3 aromatic rings. The van der Waals surface area contributed by atoms with Crippen LogP contribution in [0.3, 0.4) is 0 Å². The highest BCUT2D eigenvalue weighted by atomic mass is 35.5. The lowest BCUT2D eigenvalue weighted by molar-refractivity contribution is 0.248. The van der Waals surface area contributed by atoms with Crippen LogP contribution in [-0.2, 0) is 27.2 Å². The summed E-state index contributed by atoms with van der Waals surface area (Å²) in [5, 5.41) is 0.781. The molecule has 1 aromatic carbocycles. The highest BCUT2D eigenvalue weighted by molar-refractivity contribution is 6.30. The van der Waals surface area contributed by atoms with Gasteiger partial charge in [0, 0.05) is 45.3 Å². The van der Waals surface area contributed by atoms with Crippen LogP contribution >= 0.6 is 11.6 Å². The minimum absolute atomic E-state index is 0.283. The molecule has 4 rings (SSSR count). The number of rotatable bonds is 7. The molecule has 0 saturated carbocycles. The molecular formula is C23H31ClN6O2. The molecule has 0 bridgehead atoms. The van der Waals surface area contributed by atoms with Crippen molar-refractivity contribution in [3.8, 4) is 0 Å². The van der Waals surface area contributed by atoms with Gasteiger partial charge in [-0.1, -0.05) is 23.7 Å². The minimum atomic E-state index is -0.348. The van der Waals surface area contributed by atoms with E-state index in [1.165, 1.54) is 23.6 Å². The lowest BCUT2D eigenvalue weighted by atomic mass is 10.2. The topological polar surface area (TPSA) is 68.3 Å². The van der Waals surface area contributed by atoms with Crippen molar-refractivity contribution in [3.63, 3.8) is 0 Å². The second kappa shape index (κ2) is 10.0. The van der Waals surface area contributed by atoms with Crippen LogP contribution in [0.25, 0.3) is 11.2 Å². The standard InChI is InChI=1S/C23H31ClN6O2/c1-26-21-20(22(31)27(2)23(26)32)30(17-25-21)13-4-3-10-28-11-5-12-29(15-14-28)16-18-6-8-19(24)9-7-18/h6-9,17H,3-5,10-16H2,1-2H3. The first-order valence-electron chi connectivity index (χ1n) is 11.2. The van der Waals surface area contributed by atoms with Gasteiger partial charge in [0.25, 0.3) is 5.56 Å². The molecule has 0 spiro atoms. The Labute approximate surface area is 192 Å². The summed E-state index contributed by atoms with van der Waals surface area (Å²) in [6, 6.07) is 8.13. The predicted octanol–water partition coefficient (Wildman–Crippen LogP) is 2.08. The Morgan fingerprint density at radius 3 is 2.38 bits per heavy atom. The quantitative estimate of drug-likeness (QED) is 0.507. The van der Waals surface area contributed by atoms with Crippen LogP contribution < -0.4 is 11.2 Å². The van der Waals surface area contributed by atoms with Crippen molar-refractivity contribution in [3.05, 3.63) is 62.0 Å². The van der Waals surface area contributed by atoms with Crippen molar-refractivity contribution in [2.75, 3.05) is 32.7 Å². The fraction of sp³-hybridized carbons (Fsp3) is 0.522. The SMILES string of the molecule is Cn1c(=O)c2c(ncn2CCCCN2CCCN(Cc3ccc(Cl)cc3)CC2)n(C)c1=O. The van der Waals surface area contributed by atoms with E-state index in [-0.39, 0.29) is 11.2 Å². The van der Waals surface area contributed by atoms with Gasteiger partial charge in [0.05, 0.1) is 6.33 Å². The molecule has 32 heavy (non-hydrogen) atoms. The van der Waals surface area contributed by atoms with E-state index in [0.29, 0.717) is 11.2 Å². The minimum Gasteiger partial charge on any atom is -0.325 e. The molecule has 8 nitrogen and oxygen atoms in total. The Balaban J connectivity index is 1.27. The Morgan fingerprint density at radius 2 is 1.59 bits per heavy atom. The summed E-state index contributed by atoms with van der Waals surface area (Å²) >= 11 is 5.99. The Morgan fingerprint density at radius 1 is 0.906 bits per heavy atom. The third-order valence-corrected chi connectivity index (χ3v) is 6.59. The maximum Gasteiger partial charge on any atom is 0.332 e. The van der Waals surface area contributed by atoms with Crippen LogP contribution in [0.4, 0.5) is 0 Å². The fourth-order valence-electron chi connectivity index (χ4n) is 4.44. The van der Waals surface area contributed by atoms with Crippen molar-refractivity contribution < 1.29 is 0 Å². The van der Waals surface area contributed by atoms with Crippen molar-refractivity contribution in [1.82, 2.24) is 28.5 Å². The van der Waals surface area contributed by atoms with E-state index >= 15 is 0 Å². The molecule has 0 N–H and O–H groups in total. The zero-order valence-electron chi connectivity index (χ0n) is 18.8. The maximum atomic E-state index is 12.5. The molecule has 2 aromatic heterocycles. The molecule has 1 aliphatic heterocycles. The average molecular weight is 459 g/mol. The first-order valence-corrected chi connectivity index (χ1v) is 11.6. The molecule has 172 valence electrons. The van der Waals surface area contributed by atoms with Gasteiger partial charge in [-0.2, -0.15) is 0 Å². The molecule has 1 aliphatic rings. The number of hydrogen-bond acceptors (Lipinski definition) is 5. The Hall–Kier alpha value is -2.42. The van der Waals surface area contributed by atoms with E-state index in [1.54, 1.807) is 13.4 Å². The molecule has 9 heteroatoms. The first-order chi connectivity index (χ1) is 15.4. The predicted molar refractivity (Wildman–Crippen MR) is 127 cm³/mol. The molecule has 3 heterocycles. The van der Waals surface area contributed by atoms with E-state index in [1.807, 2.05) is 16.7 Å². The summed E-state index contributed by atoms with van der Waals surface area (Å²) in [6.07, 6.45) is 4.86. The highest BCUT2D eigenvalue weighted by Crippen LogP contribution is 2.14. The smallest absolute Gasteiger partial charge is 0.325 e. The number of aromatic nitrogens is 4. The van der Waals surface area contributed by atoms with Crippen LogP contribution in [0.2, 0.25) is 5.02 Å². The zero-order valence-corrected chi connectivity index (χ0v) is 19.6. The van der Waals surface area contributed by atoms with Crippen molar-refractivity contribution in [2.45, 2.75) is 32.4 Å². The van der Waals surface area contributed by atoms with Crippen LogP contribution in [0, 0.1) is 0 Å². The number of nitrogens with zero attached hydrogens (tertiary/aromatic N) is 6. The second-order valence-corrected chi connectivity index (χ2v) is 9.06. The lowest BCUT2D eigenvalue weighted by Crippen LogP contribution is -2.37. The summed E-state index contributed by atoms with van der Waals surface area (Å²) in [5.74, 6) is 0. The van der Waals surface area contributed by atoms with Gasteiger partial charge in [0.2, 0.25) is 0 Å². The lowest BCUT2D eigenvalue weighted by Gasteiger charge is -2.22. The summed E-state index contributed by atoms with van der Waals surface area (Å²) in [6.45, 7) is 7.12. The van der Waals surface area contributed by atoms with Gasteiger partial charge in [0.1, 0.15) is 0 Å². The summed E-state index contributed by atoms with van der Waals surface area (Å²) in [4.78, 5) is 34.0. The molecule has 0 aliphatic carbocycles. The molecule has 0 atom stereocenters. The van der Waals surface area contributed by atoms with Gasteiger partial charge in [-0.05, 0) is 56.6 Å². The molecular weight excluding hydrogens is 428 g/mol. The van der Waals surface area contributed by atoms with Crippen molar-refractivity contribution in [1.29, 1.82) is 0 Å². The monoisotopic (exact) mass is 458 g/mol. The van der Waals surface area contributed by atoms with Crippen LogP contribution in [-0.4, -0.2) is 61.2 Å². The first kappa shape index (κ1) is 22.8. The number of benzene rings is 1. The maximum absolute atomic E-state index is 12.5. The summed E-state index contributed by atoms with van der Waals surface area (Å²) < 4.78 is 4.46. The number of halogens is 1. The molecule has 0 amide bonds. The van der Waals surface area contributed by atoms with Crippen LogP contribution in [0.1, 0.15) is 24.8 Å². The number of hydrogen-bond donors (Lipinski definition) is 0. The molecule has 0 unspecified atom stereocenters. The van der Waals surface area contributed by atoms with Crippen LogP contribution in [0.5, 0.6) is 0 Å². The third kappa shape index (κ3) is 4.98. The highest BCUT2D eigenvalue weighted by Gasteiger charge is 2.16. The van der Waals surface area contributed by atoms with E-state index in [9.17, 15) is 9.59 Å². The van der Waals surface area contributed by atoms with E-state index in [0.717, 1.165) is 68.2 Å². The Bertz CT molecular complexity index is 1180. The fourth-order valence-corrected chi connectivity index (χ4v) is 4.56. The number of imidazole rings is 1. The van der Waals surface area contributed by atoms with Crippen LogP contribution in [0.15, 0.2) is 40.2 Å². The largest absolute Gasteiger partial charge is 0.332 e. The zero-order chi connectivity index (χ0) is 22.7. The number of aryl methyl sites for hydroxylation is 2. The van der Waals surface area contributed by atoms with Crippen molar-refractivity contribution in [2.24, 2.45) is 14.1 Å². The normalized spacial score (nSPS) is 16.0. The number of unbranched alkanes of at least 4 members (excludes halogenated alkanes) is 1. The Kier molecular flexibility index (Phi) is 7.13. The van der Waals surface area contributed by atoms with Gasteiger partial charge in [-0.3, -0.25) is 18.8 Å². The summed E-state index contributed by atoms with van der Waals surface area (Å²) in [7, 11) is 3.16. The molecule has 1 fully saturated rings. The average Bonchev–Trinajstić information content (AvgIpc) is 3.09. The van der Waals surface area contributed by atoms with E-state index in [4.69, 9.17) is 11.6 Å². The van der Waals surface area contributed by atoms with Crippen molar-refractivity contribution >= 4 is 22.8 Å². The van der Waals surface area contributed by atoms with Gasteiger partial charge in [-0.25, -0.2) is 9.78 Å². The molecule has 0 radical (unpaired) electrons. The summed E-state index contributed by atoms with van der Waals surface area (Å²) in [5.41, 5.74) is 1.63. The van der Waals surface area contributed by atoms with E-state index in [2.05, 4.69) is 26.9 Å². The van der Waals surface area contributed by atoms with Gasteiger partial charge in [-0.15, -0.1) is 0 Å². The van der Waals surface area contributed by atoms with Gasteiger partial charge >= 0.3 is 5.69 Å². The number of fused-ring (bicyclic) bond motifs is 1. The van der Waals surface area contributed by atoms with Gasteiger partial charge < -0.3 is 9.47 Å². The second-order valence-electron chi connectivity index (χ2n) is 8.62. The van der Waals surface area contributed by atoms with E-state index < -0.39 is 0 Å². The van der Waals surface area contributed by atoms with Gasteiger partial charge in [0.15, 0.2) is 11.2 Å². The third-order valence-electron chi connectivity index (χ3n) is 6.34.